The highest BCUT2D eigenvalue weighted by Gasteiger charge is 2.25. The molecule has 0 saturated carbocycles. The number of aryl methyl sites for hydroxylation is 2. The molecule has 1 aromatic rings. The fraction of sp³-hybridized carbons (Fsp3) is 0.600. The Kier molecular flexibility index (Phi) is 4.54. The number of hydrogen-bond acceptors (Lipinski definition) is 2. The molecule has 0 radical (unpaired) electrons. The predicted octanol–water partition coefficient (Wildman–Crippen LogP) is 3.80. The second-order valence-corrected chi connectivity index (χ2v) is 6.81. The molecular formula is C15H22BrNO2. The molecule has 3 nitrogen and oxygen atoms in total. The number of piperidine rings is 1. The largest absolute Gasteiger partial charge is 0.633 e. The molecule has 106 valence electrons. The Bertz CT molecular complexity index is 436. The van der Waals surface area contributed by atoms with Crippen LogP contribution in [0.15, 0.2) is 16.6 Å². The van der Waals surface area contributed by atoms with Gasteiger partial charge in [0.1, 0.15) is 5.75 Å². The van der Waals surface area contributed by atoms with E-state index in [1.165, 1.54) is 0 Å². The molecule has 4 heteroatoms. The summed E-state index contributed by atoms with van der Waals surface area (Å²) in [6.45, 7) is 6.18. The van der Waals surface area contributed by atoms with E-state index in [1.54, 1.807) is 7.05 Å². The maximum Gasteiger partial charge on any atom is 0.125 e. The lowest BCUT2D eigenvalue weighted by molar-refractivity contribution is -0.869. The lowest BCUT2D eigenvalue weighted by atomic mass is 9.99. The number of halogens is 1. The molecule has 1 aromatic carbocycles. The van der Waals surface area contributed by atoms with Crippen molar-refractivity contribution in [3.05, 3.63) is 32.9 Å². The van der Waals surface area contributed by atoms with Crippen molar-refractivity contribution in [2.24, 2.45) is 5.92 Å². The van der Waals surface area contributed by atoms with Gasteiger partial charge in [-0.3, -0.25) is 0 Å². The van der Waals surface area contributed by atoms with Gasteiger partial charge in [-0.05, 0) is 49.9 Å². The van der Waals surface area contributed by atoms with Crippen LogP contribution in [0.1, 0.15) is 24.0 Å². The molecule has 1 saturated heterocycles. The van der Waals surface area contributed by atoms with Gasteiger partial charge in [-0.25, -0.2) is 0 Å². The number of quaternary nitrogens is 1. The fourth-order valence-corrected chi connectivity index (χ4v) is 3.59. The number of likely N-dealkylation sites (tertiary alicyclic amines) is 1. The third-order valence-electron chi connectivity index (χ3n) is 3.78. The van der Waals surface area contributed by atoms with Crippen LogP contribution in [0.5, 0.6) is 5.75 Å². The van der Waals surface area contributed by atoms with Gasteiger partial charge in [0.25, 0.3) is 0 Å². The lowest BCUT2D eigenvalue weighted by Gasteiger charge is -2.44. The Balaban J connectivity index is 1.99. The normalized spacial score (nSPS) is 27.3. The maximum atomic E-state index is 12.0. The van der Waals surface area contributed by atoms with E-state index in [2.05, 4.69) is 41.9 Å². The van der Waals surface area contributed by atoms with Gasteiger partial charge in [0, 0.05) is 10.4 Å². The van der Waals surface area contributed by atoms with Crippen molar-refractivity contribution >= 4 is 15.9 Å². The van der Waals surface area contributed by atoms with Crippen molar-refractivity contribution in [3.63, 3.8) is 0 Å². The number of rotatable bonds is 3. The lowest BCUT2D eigenvalue weighted by Crippen LogP contribution is -2.47. The van der Waals surface area contributed by atoms with Crippen LogP contribution in [0, 0.1) is 25.0 Å². The van der Waals surface area contributed by atoms with Gasteiger partial charge in [0.2, 0.25) is 0 Å². The van der Waals surface area contributed by atoms with Crippen molar-refractivity contribution in [3.8, 4) is 5.75 Å². The van der Waals surface area contributed by atoms with Crippen LogP contribution in [0.4, 0.5) is 0 Å². The van der Waals surface area contributed by atoms with E-state index in [0.717, 1.165) is 40.7 Å². The minimum absolute atomic E-state index is 0.119. The number of nitrogens with zero attached hydrogens (tertiary/aromatic N) is 1. The molecule has 0 amide bonds. The van der Waals surface area contributed by atoms with Gasteiger partial charge in [0.05, 0.1) is 26.7 Å². The number of ether oxygens (including phenoxy) is 1. The zero-order valence-electron chi connectivity index (χ0n) is 11.9. The topological polar surface area (TPSA) is 32.3 Å². The third-order valence-corrected chi connectivity index (χ3v) is 4.23. The summed E-state index contributed by atoms with van der Waals surface area (Å²) < 4.78 is 6.95. The zero-order valence-corrected chi connectivity index (χ0v) is 13.5. The van der Waals surface area contributed by atoms with E-state index >= 15 is 0 Å². The molecule has 0 spiro atoms. The molecule has 0 aromatic heterocycles. The Morgan fingerprint density at radius 3 is 2.58 bits per heavy atom. The molecule has 0 N–H and O–H groups in total. The number of hydroxylamine groups is 3. The Morgan fingerprint density at radius 2 is 2.00 bits per heavy atom. The van der Waals surface area contributed by atoms with Gasteiger partial charge in [0.15, 0.2) is 0 Å². The number of benzene rings is 1. The molecule has 2 rings (SSSR count). The van der Waals surface area contributed by atoms with Gasteiger partial charge in [-0.1, -0.05) is 15.9 Å². The molecular weight excluding hydrogens is 306 g/mol. The summed E-state index contributed by atoms with van der Waals surface area (Å²) in [5.74, 6) is 1.34. The van der Waals surface area contributed by atoms with Crippen LogP contribution in [0.2, 0.25) is 0 Å². The Morgan fingerprint density at radius 1 is 1.37 bits per heavy atom. The molecule has 1 aliphatic rings. The fourth-order valence-electron chi connectivity index (χ4n) is 2.91. The van der Waals surface area contributed by atoms with E-state index in [4.69, 9.17) is 4.74 Å². The summed E-state index contributed by atoms with van der Waals surface area (Å²) in [6.07, 6.45) is 2.11. The minimum Gasteiger partial charge on any atom is -0.633 e. The first-order valence-corrected chi connectivity index (χ1v) is 7.62. The van der Waals surface area contributed by atoms with E-state index in [-0.39, 0.29) is 4.65 Å². The highest BCUT2D eigenvalue weighted by molar-refractivity contribution is 9.10. The standard InChI is InChI=1S/C15H22BrNO2/c1-11-7-14(16)8-12(2)15(11)19-10-13-5-4-6-17(3,18)9-13/h7-8,13H,4-6,9-10H2,1-3H3/t13-,17?/m0/s1. The highest BCUT2D eigenvalue weighted by atomic mass is 79.9. The van der Waals surface area contributed by atoms with Gasteiger partial charge in [-0.15, -0.1) is 0 Å². The molecule has 1 heterocycles. The van der Waals surface area contributed by atoms with Crippen LogP contribution in [-0.2, 0) is 0 Å². The second-order valence-electron chi connectivity index (χ2n) is 5.89. The van der Waals surface area contributed by atoms with E-state index in [1.807, 2.05) is 0 Å². The van der Waals surface area contributed by atoms with Crippen molar-refractivity contribution < 1.29 is 9.38 Å². The summed E-state index contributed by atoms with van der Waals surface area (Å²) in [5, 5.41) is 12.0. The average Bonchev–Trinajstić information content (AvgIpc) is 2.26. The second kappa shape index (κ2) is 5.81. The first kappa shape index (κ1) is 14.8. The summed E-state index contributed by atoms with van der Waals surface area (Å²) in [4.78, 5) is 0. The summed E-state index contributed by atoms with van der Waals surface area (Å²) in [7, 11) is 1.77. The van der Waals surface area contributed by atoms with Gasteiger partial charge < -0.3 is 14.6 Å². The predicted molar refractivity (Wildman–Crippen MR) is 81.1 cm³/mol. The summed E-state index contributed by atoms with van der Waals surface area (Å²) in [5.41, 5.74) is 2.28. The minimum atomic E-state index is -0.119. The van der Waals surface area contributed by atoms with E-state index < -0.39 is 0 Å². The monoisotopic (exact) mass is 327 g/mol. The van der Waals surface area contributed by atoms with E-state index in [9.17, 15) is 5.21 Å². The number of hydrogen-bond donors (Lipinski definition) is 0. The van der Waals surface area contributed by atoms with E-state index in [0.29, 0.717) is 19.1 Å². The Hall–Kier alpha value is -0.580. The van der Waals surface area contributed by atoms with Crippen molar-refractivity contribution in [1.82, 2.24) is 0 Å². The Labute approximate surface area is 123 Å². The SMILES string of the molecule is Cc1cc(Br)cc(C)c1OC[C@H]1CCC[N+](C)([O-])C1. The summed E-state index contributed by atoms with van der Waals surface area (Å²) >= 11 is 3.49. The third kappa shape index (κ3) is 3.94. The van der Waals surface area contributed by atoms with Crippen LogP contribution in [0.3, 0.4) is 0 Å². The molecule has 1 unspecified atom stereocenters. The molecule has 1 fully saturated rings. The van der Waals surface area contributed by atoms with Crippen LogP contribution in [0.25, 0.3) is 0 Å². The molecule has 0 bridgehead atoms. The molecule has 2 atom stereocenters. The van der Waals surface area contributed by atoms with Crippen molar-refractivity contribution in [2.45, 2.75) is 26.7 Å². The first-order valence-electron chi connectivity index (χ1n) is 6.82. The molecule has 0 aliphatic carbocycles. The quantitative estimate of drug-likeness (QED) is 0.624. The van der Waals surface area contributed by atoms with Gasteiger partial charge in [-0.2, -0.15) is 0 Å². The smallest absolute Gasteiger partial charge is 0.125 e. The molecule has 1 aliphatic heterocycles. The summed E-state index contributed by atoms with van der Waals surface area (Å²) in [6, 6.07) is 4.13. The van der Waals surface area contributed by atoms with Crippen LogP contribution < -0.4 is 4.74 Å². The zero-order chi connectivity index (χ0) is 14.0. The highest BCUT2D eigenvalue weighted by Crippen LogP contribution is 2.29. The molecule has 19 heavy (non-hydrogen) atoms. The van der Waals surface area contributed by atoms with Crippen LogP contribution >= 0.6 is 15.9 Å². The average molecular weight is 328 g/mol. The first-order chi connectivity index (χ1) is 8.87. The van der Waals surface area contributed by atoms with Crippen LogP contribution in [-0.4, -0.2) is 31.4 Å². The van der Waals surface area contributed by atoms with Crippen molar-refractivity contribution in [2.75, 3.05) is 26.7 Å². The van der Waals surface area contributed by atoms with Crippen molar-refractivity contribution in [1.29, 1.82) is 0 Å². The maximum absolute atomic E-state index is 12.0. The van der Waals surface area contributed by atoms with Gasteiger partial charge >= 0.3 is 0 Å².